The average molecular weight is 601 g/mol. The smallest absolute Gasteiger partial charge is 0.186 e. The molecule has 0 aromatic rings. The summed E-state index contributed by atoms with van der Waals surface area (Å²) < 4.78 is 5.30. The lowest BCUT2D eigenvalue weighted by atomic mass is 9.82. The summed E-state index contributed by atoms with van der Waals surface area (Å²) in [4.78, 5) is 12.0. The molecule has 6 aliphatic rings. The number of hydrogen-bond donors (Lipinski definition) is 2. The maximum atomic E-state index is 10.5. The van der Waals surface area contributed by atoms with Crippen molar-refractivity contribution in [1.29, 1.82) is 5.26 Å². The number of piperidine rings is 2. The Morgan fingerprint density at radius 1 is 1.25 bits per heavy atom. The van der Waals surface area contributed by atoms with Crippen LogP contribution in [0.3, 0.4) is 0 Å². The molecule has 10 nitrogen and oxygen atoms in total. The van der Waals surface area contributed by atoms with E-state index in [1.54, 1.807) is 19.5 Å². The molecule has 0 aromatic carbocycles. The molecule has 10 heteroatoms. The Kier molecular flexibility index (Phi) is 10.1. The van der Waals surface area contributed by atoms with Crippen LogP contribution < -0.4 is 5.32 Å². The number of dihydropyridines is 1. The Morgan fingerprint density at radius 3 is 2.59 bits per heavy atom. The summed E-state index contributed by atoms with van der Waals surface area (Å²) >= 11 is 0. The summed E-state index contributed by atoms with van der Waals surface area (Å²) in [7, 11) is 3.57. The van der Waals surface area contributed by atoms with Gasteiger partial charge in [-0.1, -0.05) is 31.6 Å². The fraction of sp³-hybridized carbons (Fsp3) is 0.588. The number of allylic oxidation sites excluding steroid dienone is 6. The first kappa shape index (κ1) is 31.7. The largest absolute Gasteiger partial charge is 0.483 e. The van der Waals surface area contributed by atoms with Crippen LogP contribution in [-0.4, -0.2) is 96.8 Å². The molecule has 6 heterocycles. The second kappa shape index (κ2) is 14.0. The van der Waals surface area contributed by atoms with Gasteiger partial charge >= 0.3 is 0 Å². The number of nitrogens with one attached hydrogen (secondary N) is 1. The fourth-order valence-corrected chi connectivity index (χ4v) is 6.92. The van der Waals surface area contributed by atoms with Crippen molar-refractivity contribution in [3.05, 3.63) is 71.1 Å². The van der Waals surface area contributed by atoms with Crippen molar-refractivity contribution in [2.45, 2.75) is 64.1 Å². The van der Waals surface area contributed by atoms with E-state index in [0.717, 1.165) is 68.7 Å². The van der Waals surface area contributed by atoms with E-state index in [2.05, 4.69) is 74.5 Å². The first-order valence-corrected chi connectivity index (χ1v) is 16.0. The van der Waals surface area contributed by atoms with Crippen LogP contribution in [0.4, 0.5) is 0 Å². The number of fused-ring (bicyclic) bond motifs is 2. The lowest BCUT2D eigenvalue weighted by Gasteiger charge is -2.57. The van der Waals surface area contributed by atoms with Crippen LogP contribution in [0.2, 0.25) is 0 Å². The number of piperazine rings is 1. The molecule has 2 bridgehead atoms. The molecule has 0 spiro atoms. The minimum Gasteiger partial charge on any atom is -0.483 e. The zero-order valence-corrected chi connectivity index (χ0v) is 26.9. The van der Waals surface area contributed by atoms with E-state index in [1.165, 1.54) is 12.0 Å². The second-order valence-electron chi connectivity index (χ2n) is 12.8. The molecule has 4 atom stereocenters. The van der Waals surface area contributed by atoms with E-state index in [9.17, 15) is 10.4 Å². The third-order valence-corrected chi connectivity index (χ3v) is 9.88. The van der Waals surface area contributed by atoms with Gasteiger partial charge in [-0.3, -0.25) is 9.89 Å². The van der Waals surface area contributed by atoms with Gasteiger partial charge in [-0.05, 0) is 62.3 Å². The molecule has 4 fully saturated rings. The van der Waals surface area contributed by atoms with Gasteiger partial charge in [-0.25, -0.2) is 0 Å². The van der Waals surface area contributed by atoms with Crippen molar-refractivity contribution >= 4 is 5.84 Å². The molecule has 6 aliphatic heterocycles. The Balaban J connectivity index is 1.30. The molecule has 2 N–H and O–H groups in total. The molecule has 236 valence electrons. The van der Waals surface area contributed by atoms with Crippen molar-refractivity contribution in [1.82, 2.24) is 20.0 Å². The number of nitriles is 1. The van der Waals surface area contributed by atoms with Crippen molar-refractivity contribution in [3.63, 3.8) is 0 Å². The molecule has 0 amide bonds. The van der Waals surface area contributed by atoms with E-state index < -0.39 is 5.60 Å². The second-order valence-corrected chi connectivity index (χ2v) is 12.8. The van der Waals surface area contributed by atoms with Gasteiger partial charge in [0.05, 0.1) is 42.5 Å². The third kappa shape index (κ3) is 7.16. The van der Waals surface area contributed by atoms with Gasteiger partial charge in [0, 0.05) is 64.3 Å². The normalized spacial score (nSPS) is 28.2. The predicted octanol–water partition coefficient (Wildman–Crippen LogP) is 4.50. The van der Waals surface area contributed by atoms with Gasteiger partial charge < -0.3 is 25.0 Å². The summed E-state index contributed by atoms with van der Waals surface area (Å²) in [6.07, 6.45) is 17.8. The van der Waals surface area contributed by atoms with Crippen LogP contribution in [0.5, 0.6) is 0 Å². The van der Waals surface area contributed by atoms with Crippen LogP contribution in [0.25, 0.3) is 0 Å². The fourth-order valence-electron chi connectivity index (χ4n) is 6.92. The van der Waals surface area contributed by atoms with E-state index in [0.29, 0.717) is 30.5 Å². The molecule has 0 aliphatic carbocycles. The summed E-state index contributed by atoms with van der Waals surface area (Å²) in [5.74, 6) is 1.83. The predicted molar refractivity (Wildman–Crippen MR) is 173 cm³/mol. The van der Waals surface area contributed by atoms with Crippen molar-refractivity contribution in [2.24, 2.45) is 27.1 Å². The zero-order chi connectivity index (χ0) is 31.3. The monoisotopic (exact) mass is 600 g/mol. The number of amidine groups is 1. The van der Waals surface area contributed by atoms with E-state index in [1.807, 2.05) is 20.0 Å². The Labute approximate surface area is 262 Å². The molecule has 0 saturated carbocycles. The maximum Gasteiger partial charge on any atom is 0.186 e. The minimum atomic E-state index is -0.640. The molecule has 4 saturated heterocycles. The van der Waals surface area contributed by atoms with Crippen LogP contribution in [0, 0.1) is 23.2 Å². The van der Waals surface area contributed by atoms with Gasteiger partial charge in [0.1, 0.15) is 5.84 Å². The Hall–Kier alpha value is -3.68. The van der Waals surface area contributed by atoms with Gasteiger partial charge in [-0.15, -0.1) is 0 Å². The number of methoxy groups -OCH3 is 1. The first-order valence-electron chi connectivity index (χ1n) is 16.0. The Morgan fingerprint density at radius 2 is 1.98 bits per heavy atom. The van der Waals surface area contributed by atoms with E-state index >= 15 is 0 Å². The highest BCUT2D eigenvalue weighted by Crippen LogP contribution is 2.35. The highest BCUT2D eigenvalue weighted by molar-refractivity contribution is 5.93. The number of aliphatic hydroxyl groups is 1. The highest BCUT2D eigenvalue weighted by Gasteiger charge is 2.45. The number of azo groups is 1. The van der Waals surface area contributed by atoms with Gasteiger partial charge in [0.15, 0.2) is 5.88 Å². The summed E-state index contributed by atoms with van der Waals surface area (Å²) in [6, 6.07) is 3.41. The number of aliphatic imine (C=N–C) groups is 1. The minimum absolute atomic E-state index is 0.111. The third-order valence-electron chi connectivity index (χ3n) is 9.88. The molecule has 0 aromatic heterocycles. The standard InChI is InChI=1S/C34H48N8O2/c1-6-26(31-16-28(40-13-11-34(3,43)12-14-40)20-39-38-19-27(17-35)24(31)2)8-9-32(36-4)41-22-29-15-30(23-41)42(29)21-25-7-10-33(44-5)37-18-25/h7-10,16,19-20,24,26,29-30,37,43H,6,11-15,18,21-23H2,1-5H3/b9-8-,27-19?,28-20?,31-16?,36-32?,39-38?. The van der Waals surface area contributed by atoms with Crippen molar-refractivity contribution in [2.75, 3.05) is 53.4 Å². The number of rotatable bonds is 8. The van der Waals surface area contributed by atoms with Crippen LogP contribution in [0.1, 0.15) is 46.5 Å². The molecular weight excluding hydrogens is 552 g/mol. The number of ether oxygens (including phenoxy) is 1. The van der Waals surface area contributed by atoms with Crippen LogP contribution in [-0.2, 0) is 4.74 Å². The van der Waals surface area contributed by atoms with Gasteiger partial charge in [0.25, 0.3) is 0 Å². The molecule has 6 rings (SSSR count). The van der Waals surface area contributed by atoms with Gasteiger partial charge in [0.2, 0.25) is 0 Å². The lowest BCUT2D eigenvalue weighted by molar-refractivity contribution is -0.0402. The van der Waals surface area contributed by atoms with Crippen LogP contribution in [0.15, 0.2) is 86.3 Å². The number of nitrogens with zero attached hydrogens (tertiary/aromatic N) is 7. The summed E-state index contributed by atoms with van der Waals surface area (Å²) in [6.45, 7) is 11.4. The van der Waals surface area contributed by atoms with Gasteiger partial charge in [-0.2, -0.15) is 15.5 Å². The SMILES string of the molecule is CCC(/C=C\C(=NC)N1CC2CC(C1)N2CC1=CC=C(OC)NC1)C1=CC(N2CCC(C)(O)CC2)=CN=NC=C(C#N)C1C. The topological polar surface area (TPSA) is 112 Å². The molecule has 0 radical (unpaired) electrons. The Bertz CT molecular complexity index is 1340. The van der Waals surface area contributed by atoms with Crippen molar-refractivity contribution < 1.29 is 9.84 Å². The number of hydrogen-bond acceptors (Lipinski definition) is 9. The molecular formula is C34H48N8O2. The van der Waals surface area contributed by atoms with Crippen molar-refractivity contribution in [3.8, 4) is 6.07 Å². The summed E-state index contributed by atoms with van der Waals surface area (Å²) in [5, 5.41) is 32.3. The first-order chi connectivity index (χ1) is 21.2. The highest BCUT2D eigenvalue weighted by atomic mass is 16.5. The maximum absolute atomic E-state index is 10.5. The van der Waals surface area contributed by atoms with E-state index in [4.69, 9.17) is 9.73 Å². The number of likely N-dealkylation sites (tertiary alicyclic amines) is 1. The van der Waals surface area contributed by atoms with Crippen LogP contribution >= 0.6 is 0 Å². The zero-order valence-electron chi connectivity index (χ0n) is 26.9. The summed E-state index contributed by atoms with van der Waals surface area (Å²) in [5.41, 5.74) is 3.48. The molecule has 4 unspecified atom stereocenters. The lowest BCUT2D eigenvalue weighted by Crippen LogP contribution is -2.69. The quantitative estimate of drug-likeness (QED) is 0.312. The molecule has 44 heavy (non-hydrogen) atoms. The van der Waals surface area contributed by atoms with E-state index in [-0.39, 0.29) is 11.8 Å². The average Bonchev–Trinajstić information content (AvgIpc) is 3.11.